The van der Waals surface area contributed by atoms with E-state index in [1.165, 1.54) is 16.9 Å². The minimum absolute atomic E-state index is 0.123. The molecular weight excluding hydrogens is 281 g/mol. The lowest BCUT2D eigenvalue weighted by Gasteiger charge is -2.07. The van der Waals surface area contributed by atoms with Crippen molar-refractivity contribution in [3.05, 3.63) is 77.2 Å². The largest absolute Gasteiger partial charge is 0.383 e. The number of nitrogens with two attached hydrogens (primary N) is 1. The number of aromatic nitrogens is 2. The first-order valence-electron chi connectivity index (χ1n) is 6.78. The summed E-state index contributed by atoms with van der Waals surface area (Å²) in [5, 5.41) is 4.05. The van der Waals surface area contributed by atoms with E-state index in [0.29, 0.717) is 5.56 Å². The van der Waals surface area contributed by atoms with Crippen LogP contribution < -0.4 is 5.73 Å². The Kier molecular flexibility index (Phi) is 3.47. The molecule has 3 aromatic rings. The van der Waals surface area contributed by atoms with Crippen molar-refractivity contribution in [3.8, 4) is 5.69 Å². The summed E-state index contributed by atoms with van der Waals surface area (Å²) in [6.45, 7) is 1.85. The third-order valence-electron chi connectivity index (χ3n) is 3.52. The zero-order valence-electron chi connectivity index (χ0n) is 12.0. The molecular formula is C17H14FN3O. The smallest absolute Gasteiger partial charge is 0.198 e. The predicted octanol–water partition coefficient (Wildman–Crippen LogP) is 3.13. The molecule has 0 aliphatic heterocycles. The van der Waals surface area contributed by atoms with E-state index >= 15 is 0 Å². The Hall–Kier alpha value is -2.95. The van der Waals surface area contributed by atoms with E-state index in [1.54, 1.807) is 30.3 Å². The number of ketones is 1. The van der Waals surface area contributed by atoms with Crippen molar-refractivity contribution in [1.82, 2.24) is 9.78 Å². The Labute approximate surface area is 127 Å². The number of halogens is 1. The quantitative estimate of drug-likeness (QED) is 0.755. The van der Waals surface area contributed by atoms with Crippen LogP contribution in [-0.2, 0) is 0 Å². The van der Waals surface area contributed by atoms with Gasteiger partial charge in [0.15, 0.2) is 5.78 Å². The monoisotopic (exact) mass is 295 g/mol. The van der Waals surface area contributed by atoms with E-state index in [2.05, 4.69) is 5.10 Å². The highest BCUT2D eigenvalue weighted by Gasteiger charge is 2.19. The van der Waals surface area contributed by atoms with Gasteiger partial charge in [-0.3, -0.25) is 4.79 Å². The first-order valence-corrected chi connectivity index (χ1v) is 6.78. The molecule has 0 saturated heterocycles. The Balaban J connectivity index is 2.07. The zero-order chi connectivity index (χ0) is 15.7. The van der Waals surface area contributed by atoms with Gasteiger partial charge in [0.05, 0.1) is 11.8 Å². The highest BCUT2D eigenvalue weighted by molar-refractivity contribution is 6.12. The van der Waals surface area contributed by atoms with Crippen molar-refractivity contribution >= 4 is 11.6 Å². The fourth-order valence-electron chi connectivity index (χ4n) is 2.32. The predicted molar refractivity (Wildman–Crippen MR) is 82.5 cm³/mol. The van der Waals surface area contributed by atoms with Gasteiger partial charge in [0.2, 0.25) is 0 Å². The Morgan fingerprint density at radius 3 is 2.50 bits per heavy atom. The van der Waals surface area contributed by atoms with Crippen LogP contribution in [0.4, 0.5) is 10.2 Å². The maximum Gasteiger partial charge on any atom is 0.198 e. The molecule has 22 heavy (non-hydrogen) atoms. The number of aryl methyl sites for hydroxylation is 1. The minimum atomic E-state index is -0.452. The molecule has 1 aromatic heterocycles. The fourth-order valence-corrected chi connectivity index (χ4v) is 2.32. The van der Waals surface area contributed by atoms with E-state index in [1.807, 2.05) is 19.1 Å². The van der Waals surface area contributed by atoms with Gasteiger partial charge in [-0.1, -0.05) is 36.4 Å². The molecule has 1 heterocycles. The molecule has 0 saturated carbocycles. The summed E-state index contributed by atoms with van der Waals surface area (Å²) in [5.41, 5.74) is 7.89. The molecule has 0 atom stereocenters. The zero-order valence-corrected chi connectivity index (χ0v) is 12.0. The maximum absolute atomic E-state index is 13.9. The number of nitrogen functional groups attached to an aromatic ring is 1. The molecule has 5 heteroatoms. The molecule has 0 unspecified atom stereocenters. The van der Waals surface area contributed by atoms with Crippen molar-refractivity contribution in [2.45, 2.75) is 6.92 Å². The summed E-state index contributed by atoms with van der Waals surface area (Å²) < 4.78 is 15.1. The van der Waals surface area contributed by atoms with Crippen LogP contribution in [0.5, 0.6) is 0 Å². The molecule has 0 aliphatic rings. The van der Waals surface area contributed by atoms with Gasteiger partial charge >= 0.3 is 0 Å². The number of nitrogens with zero attached hydrogens (tertiary/aromatic N) is 2. The number of hydrogen-bond donors (Lipinski definition) is 1. The third kappa shape index (κ3) is 2.26. The van der Waals surface area contributed by atoms with Gasteiger partial charge in [-0.15, -0.1) is 0 Å². The van der Waals surface area contributed by atoms with Gasteiger partial charge in [-0.05, 0) is 24.6 Å². The number of rotatable bonds is 3. The number of carbonyl (C=O) groups excluding carboxylic acids is 1. The van der Waals surface area contributed by atoms with Gasteiger partial charge in [-0.2, -0.15) is 5.10 Å². The van der Waals surface area contributed by atoms with Crippen LogP contribution in [0.3, 0.4) is 0 Å². The van der Waals surface area contributed by atoms with Crippen molar-refractivity contribution in [2.75, 3.05) is 5.73 Å². The third-order valence-corrected chi connectivity index (χ3v) is 3.52. The lowest BCUT2D eigenvalue weighted by atomic mass is 10.0. The summed E-state index contributed by atoms with van der Waals surface area (Å²) in [6, 6.07) is 13.4. The highest BCUT2D eigenvalue weighted by atomic mass is 19.1. The normalized spacial score (nSPS) is 10.6. The first-order chi connectivity index (χ1) is 10.6. The number of carbonyl (C=O) groups is 1. The van der Waals surface area contributed by atoms with Gasteiger partial charge in [0.25, 0.3) is 0 Å². The van der Waals surface area contributed by atoms with Crippen LogP contribution >= 0.6 is 0 Å². The molecule has 0 radical (unpaired) electrons. The number of anilines is 1. The summed E-state index contributed by atoms with van der Waals surface area (Å²) in [7, 11) is 0. The summed E-state index contributed by atoms with van der Waals surface area (Å²) in [4.78, 5) is 12.6. The SMILES string of the molecule is Cc1ccccc1C(=O)c1cnn(-c2ccccc2F)c1N. The Bertz CT molecular complexity index is 855. The number of hydrogen-bond acceptors (Lipinski definition) is 3. The first kappa shape index (κ1) is 14.0. The van der Waals surface area contributed by atoms with E-state index in [4.69, 9.17) is 5.73 Å². The van der Waals surface area contributed by atoms with Crippen LogP contribution in [0.15, 0.2) is 54.7 Å². The minimum Gasteiger partial charge on any atom is -0.383 e. The topological polar surface area (TPSA) is 60.9 Å². The Morgan fingerprint density at radius 1 is 1.09 bits per heavy atom. The standard InChI is InChI=1S/C17H14FN3O/c1-11-6-2-3-7-12(11)16(22)13-10-20-21(17(13)19)15-9-5-4-8-14(15)18/h2-10H,19H2,1H3. The molecule has 0 fully saturated rings. The van der Waals surface area contributed by atoms with Crippen molar-refractivity contribution in [1.29, 1.82) is 0 Å². The van der Waals surface area contributed by atoms with Crippen LogP contribution in [0.1, 0.15) is 21.5 Å². The van der Waals surface area contributed by atoms with Crippen LogP contribution in [-0.4, -0.2) is 15.6 Å². The molecule has 0 aliphatic carbocycles. The molecule has 0 bridgehead atoms. The molecule has 4 nitrogen and oxygen atoms in total. The molecule has 0 spiro atoms. The van der Waals surface area contributed by atoms with Crippen LogP contribution in [0.2, 0.25) is 0 Å². The second-order valence-corrected chi connectivity index (χ2v) is 4.95. The van der Waals surface area contributed by atoms with Crippen LogP contribution in [0.25, 0.3) is 5.69 Å². The van der Waals surface area contributed by atoms with Crippen molar-refractivity contribution in [3.63, 3.8) is 0 Å². The van der Waals surface area contributed by atoms with E-state index in [-0.39, 0.29) is 22.9 Å². The van der Waals surface area contributed by atoms with Gasteiger partial charge in [0.1, 0.15) is 17.3 Å². The molecule has 0 amide bonds. The summed E-state index contributed by atoms with van der Waals surface area (Å²) in [6.07, 6.45) is 1.37. The molecule has 2 N–H and O–H groups in total. The van der Waals surface area contributed by atoms with E-state index in [0.717, 1.165) is 5.56 Å². The Morgan fingerprint density at radius 2 is 1.77 bits per heavy atom. The highest BCUT2D eigenvalue weighted by Crippen LogP contribution is 2.22. The van der Waals surface area contributed by atoms with Gasteiger partial charge in [-0.25, -0.2) is 9.07 Å². The van der Waals surface area contributed by atoms with E-state index < -0.39 is 5.82 Å². The van der Waals surface area contributed by atoms with E-state index in [9.17, 15) is 9.18 Å². The van der Waals surface area contributed by atoms with Gasteiger partial charge in [0, 0.05) is 5.56 Å². The second-order valence-electron chi connectivity index (χ2n) is 4.95. The maximum atomic E-state index is 13.9. The van der Waals surface area contributed by atoms with Crippen molar-refractivity contribution in [2.24, 2.45) is 0 Å². The van der Waals surface area contributed by atoms with Crippen molar-refractivity contribution < 1.29 is 9.18 Å². The lowest BCUT2D eigenvalue weighted by molar-refractivity contribution is 0.103. The number of benzene rings is 2. The summed E-state index contributed by atoms with van der Waals surface area (Å²) in [5.74, 6) is -0.552. The van der Waals surface area contributed by atoms with Crippen LogP contribution in [0, 0.1) is 12.7 Å². The second kappa shape index (κ2) is 5.44. The fraction of sp³-hybridized carbons (Fsp3) is 0.0588. The molecule has 3 rings (SSSR count). The van der Waals surface area contributed by atoms with Gasteiger partial charge < -0.3 is 5.73 Å². The summed E-state index contributed by atoms with van der Waals surface area (Å²) >= 11 is 0. The average molecular weight is 295 g/mol. The molecule has 2 aromatic carbocycles. The molecule has 110 valence electrons. The number of para-hydroxylation sites is 1. The lowest BCUT2D eigenvalue weighted by Crippen LogP contribution is -2.09. The average Bonchev–Trinajstić information content (AvgIpc) is 2.89.